The second-order valence-electron chi connectivity index (χ2n) is 7.82. The number of hydrogen-bond donors (Lipinski definition) is 1. The van der Waals surface area contributed by atoms with Crippen LogP contribution in [0.5, 0.6) is 11.5 Å². The van der Waals surface area contributed by atoms with Crippen molar-refractivity contribution >= 4 is 27.3 Å². The number of ether oxygens (including phenoxy) is 2. The molecule has 1 N–H and O–H groups in total. The van der Waals surface area contributed by atoms with E-state index in [1.54, 1.807) is 41.3 Å². The molecular formula is C25H26N2O5S. The Hall–Kier alpha value is -3.52. The van der Waals surface area contributed by atoms with Crippen molar-refractivity contribution in [2.75, 3.05) is 30.4 Å². The summed E-state index contributed by atoms with van der Waals surface area (Å²) >= 11 is 0. The molecule has 4 rings (SSSR count). The number of sulfonamides is 1. The minimum atomic E-state index is -3.66. The molecule has 1 heterocycles. The molecule has 0 aliphatic carbocycles. The lowest BCUT2D eigenvalue weighted by Gasteiger charge is -2.30. The number of carbonyl (C=O) groups excluding carboxylic acids is 1. The standard InChI is InChI=1S/C25H26N2O5S/c1-31-23-13-10-18(15-24(23)32-2)17-33(29,30)26-21-11-12-22-20(16-21)9-6-14-27(22)25(28)19-7-4-3-5-8-19/h3-5,7-8,10-13,15-16,26H,6,9,14,17H2,1-2H3. The largest absolute Gasteiger partial charge is 0.493 e. The number of benzene rings is 3. The van der Waals surface area contributed by atoms with Gasteiger partial charge in [0.25, 0.3) is 5.91 Å². The number of carbonyl (C=O) groups is 1. The van der Waals surface area contributed by atoms with Crippen LogP contribution >= 0.6 is 0 Å². The lowest BCUT2D eigenvalue weighted by Crippen LogP contribution is -2.35. The Balaban J connectivity index is 1.52. The number of fused-ring (bicyclic) bond motifs is 1. The molecule has 0 unspecified atom stereocenters. The molecule has 0 aromatic heterocycles. The van der Waals surface area contributed by atoms with Crippen LogP contribution in [0, 0.1) is 0 Å². The molecule has 172 valence electrons. The molecule has 0 radical (unpaired) electrons. The molecule has 0 spiro atoms. The quantitative estimate of drug-likeness (QED) is 0.563. The van der Waals surface area contributed by atoms with Gasteiger partial charge in [-0.2, -0.15) is 0 Å². The fourth-order valence-electron chi connectivity index (χ4n) is 4.01. The fraction of sp³-hybridized carbons (Fsp3) is 0.240. The number of methoxy groups -OCH3 is 2. The van der Waals surface area contributed by atoms with Crippen molar-refractivity contribution in [2.45, 2.75) is 18.6 Å². The smallest absolute Gasteiger partial charge is 0.258 e. The Morgan fingerprint density at radius 1 is 0.970 bits per heavy atom. The van der Waals surface area contributed by atoms with Crippen molar-refractivity contribution in [1.82, 2.24) is 0 Å². The Kier molecular flexibility index (Phi) is 6.55. The normalized spacial score (nSPS) is 13.2. The van der Waals surface area contributed by atoms with Gasteiger partial charge in [-0.1, -0.05) is 24.3 Å². The van der Waals surface area contributed by atoms with Gasteiger partial charge in [0.2, 0.25) is 10.0 Å². The topological polar surface area (TPSA) is 84.9 Å². The lowest BCUT2D eigenvalue weighted by molar-refractivity contribution is 0.0985. The van der Waals surface area contributed by atoms with E-state index in [1.165, 1.54) is 14.2 Å². The monoisotopic (exact) mass is 466 g/mol. The number of rotatable bonds is 7. The van der Waals surface area contributed by atoms with Gasteiger partial charge in [-0.15, -0.1) is 0 Å². The van der Waals surface area contributed by atoms with Crippen LogP contribution < -0.4 is 19.1 Å². The predicted molar refractivity (Wildman–Crippen MR) is 129 cm³/mol. The molecule has 0 atom stereocenters. The van der Waals surface area contributed by atoms with Gasteiger partial charge in [0.1, 0.15) is 0 Å². The molecule has 1 aliphatic rings. The average Bonchev–Trinajstić information content (AvgIpc) is 2.83. The first-order valence-electron chi connectivity index (χ1n) is 10.6. The third-order valence-corrected chi connectivity index (χ3v) is 6.80. The maximum absolute atomic E-state index is 13.0. The highest BCUT2D eigenvalue weighted by Crippen LogP contribution is 2.32. The average molecular weight is 467 g/mol. The van der Waals surface area contributed by atoms with Crippen molar-refractivity contribution in [3.05, 3.63) is 83.4 Å². The number of nitrogens with zero attached hydrogens (tertiary/aromatic N) is 1. The Bertz CT molecular complexity index is 1260. The second-order valence-corrected chi connectivity index (χ2v) is 9.54. The van der Waals surface area contributed by atoms with Crippen LogP contribution in [0.4, 0.5) is 11.4 Å². The van der Waals surface area contributed by atoms with E-state index in [9.17, 15) is 13.2 Å². The third kappa shape index (κ3) is 5.12. The molecule has 0 bridgehead atoms. The number of anilines is 2. The van der Waals surface area contributed by atoms with E-state index < -0.39 is 10.0 Å². The Morgan fingerprint density at radius 3 is 2.45 bits per heavy atom. The highest BCUT2D eigenvalue weighted by molar-refractivity contribution is 7.91. The summed E-state index contributed by atoms with van der Waals surface area (Å²) in [5, 5.41) is 0. The minimum absolute atomic E-state index is 0.0571. The molecule has 8 heteroatoms. The molecule has 7 nitrogen and oxygen atoms in total. The summed E-state index contributed by atoms with van der Waals surface area (Å²) in [5.74, 6) is 0.750. The van der Waals surface area contributed by atoms with Gasteiger partial charge in [0, 0.05) is 23.5 Å². The van der Waals surface area contributed by atoms with E-state index in [0.29, 0.717) is 34.9 Å². The van der Waals surface area contributed by atoms with E-state index in [4.69, 9.17) is 9.47 Å². The van der Waals surface area contributed by atoms with Crippen LogP contribution in [0.25, 0.3) is 0 Å². The molecule has 0 fully saturated rings. The van der Waals surface area contributed by atoms with Crippen LogP contribution in [0.3, 0.4) is 0 Å². The van der Waals surface area contributed by atoms with Crippen LogP contribution in [-0.4, -0.2) is 35.1 Å². The molecule has 33 heavy (non-hydrogen) atoms. The van der Waals surface area contributed by atoms with E-state index in [2.05, 4.69) is 4.72 Å². The highest BCUT2D eigenvalue weighted by Gasteiger charge is 2.24. The maximum Gasteiger partial charge on any atom is 0.258 e. The van der Waals surface area contributed by atoms with Crippen LogP contribution in [0.1, 0.15) is 27.9 Å². The van der Waals surface area contributed by atoms with Crippen molar-refractivity contribution in [3.63, 3.8) is 0 Å². The van der Waals surface area contributed by atoms with Gasteiger partial charge in [-0.3, -0.25) is 9.52 Å². The Morgan fingerprint density at radius 2 is 1.73 bits per heavy atom. The highest BCUT2D eigenvalue weighted by atomic mass is 32.2. The molecular weight excluding hydrogens is 440 g/mol. The van der Waals surface area contributed by atoms with Gasteiger partial charge >= 0.3 is 0 Å². The zero-order valence-electron chi connectivity index (χ0n) is 18.6. The number of nitrogens with one attached hydrogen (secondary N) is 1. The number of aryl methyl sites for hydroxylation is 1. The van der Waals surface area contributed by atoms with E-state index in [-0.39, 0.29) is 11.7 Å². The summed E-state index contributed by atoms with van der Waals surface area (Å²) in [5.41, 5.74) is 3.45. The summed E-state index contributed by atoms with van der Waals surface area (Å²) in [6.45, 7) is 0.630. The van der Waals surface area contributed by atoms with Crippen LogP contribution in [-0.2, 0) is 22.2 Å². The molecule has 3 aromatic rings. The van der Waals surface area contributed by atoms with Gasteiger partial charge < -0.3 is 14.4 Å². The lowest BCUT2D eigenvalue weighted by atomic mass is 10.00. The van der Waals surface area contributed by atoms with Gasteiger partial charge in [-0.05, 0) is 66.4 Å². The van der Waals surface area contributed by atoms with E-state index >= 15 is 0 Å². The minimum Gasteiger partial charge on any atom is -0.493 e. The molecule has 1 aliphatic heterocycles. The first kappa shape index (κ1) is 22.7. The first-order chi connectivity index (χ1) is 15.9. The number of amides is 1. The fourth-order valence-corrected chi connectivity index (χ4v) is 5.19. The first-order valence-corrected chi connectivity index (χ1v) is 12.3. The van der Waals surface area contributed by atoms with Gasteiger partial charge in [0.15, 0.2) is 11.5 Å². The van der Waals surface area contributed by atoms with Crippen molar-refractivity contribution in [2.24, 2.45) is 0 Å². The number of hydrogen-bond acceptors (Lipinski definition) is 5. The van der Waals surface area contributed by atoms with Crippen LogP contribution in [0.15, 0.2) is 66.7 Å². The van der Waals surface area contributed by atoms with Crippen molar-refractivity contribution in [1.29, 1.82) is 0 Å². The van der Waals surface area contributed by atoms with Crippen molar-refractivity contribution in [3.8, 4) is 11.5 Å². The predicted octanol–water partition coefficient (Wildman–Crippen LogP) is 4.24. The summed E-state index contributed by atoms with van der Waals surface area (Å²) in [7, 11) is -0.623. The zero-order valence-corrected chi connectivity index (χ0v) is 19.4. The molecule has 0 saturated heterocycles. The Labute approximate surface area is 194 Å². The van der Waals surface area contributed by atoms with Gasteiger partial charge in [-0.25, -0.2) is 8.42 Å². The van der Waals surface area contributed by atoms with Crippen LogP contribution in [0.2, 0.25) is 0 Å². The van der Waals surface area contributed by atoms with Gasteiger partial charge in [0.05, 0.1) is 20.0 Å². The van der Waals surface area contributed by atoms with E-state index in [0.717, 1.165) is 24.1 Å². The summed E-state index contributed by atoms with van der Waals surface area (Å²) < 4.78 is 38.7. The van der Waals surface area contributed by atoms with Crippen molar-refractivity contribution < 1.29 is 22.7 Å². The summed E-state index contributed by atoms with van der Waals surface area (Å²) in [6, 6.07) is 19.5. The molecule has 0 saturated carbocycles. The zero-order chi connectivity index (χ0) is 23.4. The third-order valence-electron chi connectivity index (χ3n) is 5.54. The second kappa shape index (κ2) is 9.54. The van der Waals surface area contributed by atoms with E-state index in [1.807, 2.05) is 30.3 Å². The summed E-state index contributed by atoms with van der Waals surface area (Å²) in [4.78, 5) is 14.7. The summed E-state index contributed by atoms with van der Waals surface area (Å²) in [6.07, 6.45) is 1.59. The molecule has 1 amide bonds. The maximum atomic E-state index is 13.0. The SMILES string of the molecule is COc1ccc(CS(=O)(=O)Nc2ccc3c(c2)CCCN3C(=O)c2ccccc2)cc1OC. The molecule has 3 aromatic carbocycles.